The third-order valence-electron chi connectivity index (χ3n) is 1.95. The molecule has 14 heavy (non-hydrogen) atoms. The quantitative estimate of drug-likeness (QED) is 0.411. The minimum absolute atomic E-state index is 0.0992. The van der Waals surface area contributed by atoms with Gasteiger partial charge in [-0.2, -0.15) is 4.99 Å². The van der Waals surface area contributed by atoms with Crippen molar-refractivity contribution in [1.29, 1.82) is 0 Å². The van der Waals surface area contributed by atoms with Crippen LogP contribution in [-0.2, 0) is 4.79 Å². The first kappa shape index (κ1) is 8.95. The van der Waals surface area contributed by atoms with Crippen LogP contribution in [0, 0.1) is 0 Å². The van der Waals surface area contributed by atoms with Crippen LogP contribution in [0.15, 0.2) is 4.99 Å². The van der Waals surface area contributed by atoms with E-state index in [1.165, 1.54) is 7.05 Å². The summed E-state index contributed by atoms with van der Waals surface area (Å²) in [6.07, 6.45) is 0. The number of urea groups is 2. The van der Waals surface area contributed by atoms with Gasteiger partial charge in [0.1, 0.15) is 0 Å². The summed E-state index contributed by atoms with van der Waals surface area (Å²) in [6.45, 7) is 0. The molecule has 2 aliphatic heterocycles. The third kappa shape index (κ3) is 0.925. The summed E-state index contributed by atoms with van der Waals surface area (Å²) < 4.78 is 0. The number of aliphatic imine (C=N–C) groups is 1. The first-order valence-corrected chi connectivity index (χ1v) is 4.02. The summed E-state index contributed by atoms with van der Waals surface area (Å²) in [5, 5.41) is 4.13. The number of likely N-dealkylation sites (N-methyl/N-ethyl adjacent to an activating group) is 1. The maximum absolute atomic E-state index is 11.3. The highest BCUT2D eigenvalue weighted by molar-refractivity contribution is 6.52. The van der Waals surface area contributed by atoms with Gasteiger partial charge in [0.2, 0.25) is 0 Å². The summed E-state index contributed by atoms with van der Waals surface area (Å²) in [4.78, 5) is 36.0. The summed E-state index contributed by atoms with van der Waals surface area (Å²) >= 11 is 5.81. The van der Waals surface area contributed by atoms with E-state index >= 15 is 0 Å². The average Bonchev–Trinajstić information content (AvgIpc) is 2.40. The molecule has 0 spiro atoms. The Hall–Kier alpha value is -1.63. The third-order valence-corrected chi connectivity index (χ3v) is 2.39. The van der Waals surface area contributed by atoms with Crippen LogP contribution in [0.2, 0.25) is 0 Å². The Morgan fingerprint density at radius 1 is 1.43 bits per heavy atom. The predicted molar refractivity (Wildman–Crippen MR) is 45.9 cm³/mol. The zero-order chi connectivity index (χ0) is 10.5. The molecular weight excluding hydrogens is 212 g/mol. The van der Waals surface area contributed by atoms with E-state index in [1.807, 2.05) is 5.32 Å². The molecule has 0 aromatic rings. The van der Waals surface area contributed by atoms with Crippen LogP contribution >= 0.6 is 11.6 Å². The van der Waals surface area contributed by atoms with Crippen LogP contribution in [0.4, 0.5) is 9.59 Å². The first-order valence-electron chi connectivity index (χ1n) is 3.64. The van der Waals surface area contributed by atoms with Gasteiger partial charge in [-0.05, 0) is 0 Å². The number of halogens is 1. The number of hydrogen-bond acceptors (Lipinski definition) is 3. The monoisotopic (exact) mass is 216 g/mol. The second-order valence-corrected chi connectivity index (χ2v) is 3.41. The lowest BCUT2D eigenvalue weighted by Crippen LogP contribution is -2.67. The Balaban J connectivity index is 2.51. The maximum Gasteiger partial charge on any atom is 0.344 e. The van der Waals surface area contributed by atoms with E-state index in [1.54, 1.807) is 0 Å². The summed E-state index contributed by atoms with van der Waals surface area (Å²) in [5.41, 5.74) is 0. The highest BCUT2D eigenvalue weighted by Crippen LogP contribution is 2.24. The topological polar surface area (TPSA) is 90.9 Å². The highest BCUT2D eigenvalue weighted by atomic mass is 35.5. The van der Waals surface area contributed by atoms with Gasteiger partial charge in [0.05, 0.1) is 0 Å². The van der Waals surface area contributed by atoms with Crippen LogP contribution < -0.4 is 10.6 Å². The van der Waals surface area contributed by atoms with Crippen molar-refractivity contribution in [3.8, 4) is 0 Å². The van der Waals surface area contributed by atoms with E-state index in [0.717, 1.165) is 4.90 Å². The van der Waals surface area contributed by atoms with Gasteiger partial charge in [-0.25, -0.2) is 9.59 Å². The molecule has 2 rings (SSSR count). The van der Waals surface area contributed by atoms with E-state index in [4.69, 9.17) is 11.6 Å². The summed E-state index contributed by atoms with van der Waals surface area (Å²) in [6, 6.07) is -1.41. The fourth-order valence-electron chi connectivity index (χ4n) is 1.23. The Morgan fingerprint density at radius 3 is 2.71 bits per heavy atom. The summed E-state index contributed by atoms with van der Waals surface area (Å²) in [7, 11) is 1.36. The van der Waals surface area contributed by atoms with Crippen molar-refractivity contribution in [3.63, 3.8) is 0 Å². The number of hydrogen-bond donors (Lipinski definition) is 2. The molecule has 8 heteroatoms. The van der Waals surface area contributed by atoms with Gasteiger partial charge < -0.3 is 5.32 Å². The number of carbonyl (C=O) groups excluding carboxylic acids is 3. The van der Waals surface area contributed by atoms with Gasteiger partial charge in [0.25, 0.3) is 10.9 Å². The molecule has 0 aliphatic carbocycles. The fourth-order valence-corrected chi connectivity index (χ4v) is 1.53. The molecule has 74 valence electrons. The molecule has 2 aliphatic rings. The van der Waals surface area contributed by atoms with Crippen LogP contribution in [0.25, 0.3) is 0 Å². The Morgan fingerprint density at radius 2 is 2.07 bits per heavy atom. The first-order chi connectivity index (χ1) is 6.45. The summed E-state index contributed by atoms with van der Waals surface area (Å²) in [5.74, 6) is -0.898. The molecule has 1 saturated heterocycles. The number of carbonyl (C=O) groups is 3. The van der Waals surface area contributed by atoms with Crippen LogP contribution in [0.5, 0.6) is 0 Å². The van der Waals surface area contributed by atoms with Crippen LogP contribution in [-0.4, -0.2) is 40.8 Å². The van der Waals surface area contributed by atoms with Crippen molar-refractivity contribution < 1.29 is 14.4 Å². The standard InChI is InChI=1S/C6H5ClN4O3/c1-11-2-6(7,10-4(13)8-2)3(12)9-5(11)14/h1H3,(H,10,13)(H,9,12,14). The minimum Gasteiger partial charge on any atom is -0.303 e. The number of amidine groups is 1. The molecule has 5 amide bonds. The molecule has 0 radical (unpaired) electrons. The van der Waals surface area contributed by atoms with Gasteiger partial charge in [0.15, 0.2) is 5.84 Å². The maximum atomic E-state index is 11.3. The molecule has 1 unspecified atom stereocenters. The molecule has 2 heterocycles. The number of imide groups is 1. The zero-order valence-electron chi connectivity index (χ0n) is 7.00. The van der Waals surface area contributed by atoms with E-state index in [-0.39, 0.29) is 5.84 Å². The second kappa shape index (κ2) is 2.44. The SMILES string of the molecule is CN1C(=O)NC(=O)C2(Cl)NC(=O)N=C12. The van der Waals surface area contributed by atoms with E-state index < -0.39 is 23.0 Å². The lowest BCUT2D eigenvalue weighted by atomic mass is 10.2. The number of amides is 5. The molecular formula is C6H5ClN4O3. The normalized spacial score (nSPS) is 30.9. The fraction of sp³-hybridized carbons (Fsp3) is 0.333. The predicted octanol–water partition coefficient (Wildman–Crippen LogP) is -0.775. The van der Waals surface area contributed by atoms with Crippen molar-refractivity contribution >= 4 is 35.4 Å². The molecule has 1 atom stereocenters. The molecule has 2 N–H and O–H groups in total. The Labute approximate surface area is 83.1 Å². The molecule has 0 aromatic carbocycles. The number of fused-ring (bicyclic) bond motifs is 1. The zero-order valence-corrected chi connectivity index (χ0v) is 7.75. The molecule has 7 nitrogen and oxygen atoms in total. The van der Waals surface area contributed by atoms with Crippen molar-refractivity contribution in [3.05, 3.63) is 0 Å². The van der Waals surface area contributed by atoms with Crippen molar-refractivity contribution in [2.45, 2.75) is 5.00 Å². The number of nitrogens with one attached hydrogen (secondary N) is 2. The smallest absolute Gasteiger partial charge is 0.303 e. The van der Waals surface area contributed by atoms with Gasteiger partial charge in [-0.15, -0.1) is 0 Å². The van der Waals surface area contributed by atoms with E-state index in [2.05, 4.69) is 10.3 Å². The lowest BCUT2D eigenvalue weighted by molar-refractivity contribution is -0.122. The van der Waals surface area contributed by atoms with Crippen molar-refractivity contribution in [2.75, 3.05) is 7.05 Å². The largest absolute Gasteiger partial charge is 0.344 e. The average molecular weight is 217 g/mol. The van der Waals surface area contributed by atoms with Gasteiger partial charge in [-0.3, -0.25) is 15.0 Å². The van der Waals surface area contributed by atoms with E-state index in [9.17, 15) is 14.4 Å². The molecule has 0 aromatic heterocycles. The van der Waals surface area contributed by atoms with Crippen LogP contribution in [0.1, 0.15) is 0 Å². The molecule has 1 fully saturated rings. The van der Waals surface area contributed by atoms with Gasteiger partial charge >= 0.3 is 12.1 Å². The molecule has 0 saturated carbocycles. The number of rotatable bonds is 0. The van der Waals surface area contributed by atoms with Crippen molar-refractivity contribution in [1.82, 2.24) is 15.5 Å². The minimum atomic E-state index is -1.75. The van der Waals surface area contributed by atoms with Crippen molar-refractivity contribution in [2.24, 2.45) is 4.99 Å². The second-order valence-electron chi connectivity index (χ2n) is 2.84. The van der Waals surface area contributed by atoms with Gasteiger partial charge in [0, 0.05) is 7.05 Å². The Kier molecular flexibility index (Phi) is 1.56. The van der Waals surface area contributed by atoms with Crippen LogP contribution in [0.3, 0.4) is 0 Å². The lowest BCUT2D eigenvalue weighted by Gasteiger charge is -2.32. The number of nitrogens with zero attached hydrogens (tertiary/aromatic N) is 2. The Bertz CT molecular complexity index is 393. The van der Waals surface area contributed by atoms with Gasteiger partial charge in [-0.1, -0.05) is 11.6 Å². The highest BCUT2D eigenvalue weighted by Gasteiger charge is 2.54. The van der Waals surface area contributed by atoms with E-state index in [0.29, 0.717) is 0 Å². The molecule has 0 bridgehead atoms. The number of alkyl halides is 1.